The van der Waals surface area contributed by atoms with Gasteiger partial charge in [0, 0.05) is 5.57 Å². The molecule has 0 aromatic heterocycles. The summed E-state index contributed by atoms with van der Waals surface area (Å²) in [4.78, 5) is 26.1. The van der Waals surface area contributed by atoms with Gasteiger partial charge in [0.1, 0.15) is 6.10 Å². The van der Waals surface area contributed by atoms with Gasteiger partial charge in [0.05, 0.1) is 0 Å². The van der Waals surface area contributed by atoms with Gasteiger partial charge in [0.2, 0.25) is 0 Å². The van der Waals surface area contributed by atoms with Crippen molar-refractivity contribution in [2.75, 3.05) is 0 Å². The van der Waals surface area contributed by atoms with Crippen molar-refractivity contribution in [1.29, 1.82) is 0 Å². The van der Waals surface area contributed by atoms with Crippen LogP contribution in [-0.2, 0) is 14.4 Å². The molecular formula is C12H21NO4. The fourth-order valence-corrected chi connectivity index (χ4v) is 1.37. The molecule has 0 saturated heterocycles. The van der Waals surface area contributed by atoms with Crippen LogP contribution < -0.4 is 0 Å². The zero-order valence-corrected chi connectivity index (χ0v) is 10.8. The Labute approximate surface area is 102 Å². The van der Waals surface area contributed by atoms with Crippen molar-refractivity contribution in [3.05, 3.63) is 17.1 Å². The summed E-state index contributed by atoms with van der Waals surface area (Å²) >= 11 is 0. The number of esters is 1. The van der Waals surface area contributed by atoms with E-state index in [4.69, 9.17) is 9.57 Å². The highest BCUT2D eigenvalue weighted by Crippen LogP contribution is 2.14. The van der Waals surface area contributed by atoms with Crippen molar-refractivity contribution in [3.8, 4) is 0 Å². The van der Waals surface area contributed by atoms with Gasteiger partial charge in [-0.05, 0) is 26.7 Å². The van der Waals surface area contributed by atoms with Gasteiger partial charge in [0.25, 0.3) is 0 Å². The van der Waals surface area contributed by atoms with E-state index in [0.29, 0.717) is 12.0 Å². The Morgan fingerprint density at radius 1 is 1.41 bits per heavy atom. The fourth-order valence-electron chi connectivity index (χ4n) is 1.37. The van der Waals surface area contributed by atoms with E-state index in [1.165, 1.54) is 0 Å². The number of hydrogen-bond donors (Lipinski definition) is 0. The number of rotatable bonds is 9. The molecule has 0 aliphatic rings. The molecular weight excluding hydrogens is 222 g/mol. The molecule has 0 spiro atoms. The van der Waals surface area contributed by atoms with Crippen molar-refractivity contribution in [2.24, 2.45) is 5.34 Å². The number of nitrogens with zero attached hydrogens (tertiary/aromatic N) is 1. The lowest BCUT2D eigenvalue weighted by Gasteiger charge is -2.20. The maximum atomic E-state index is 11.3. The third-order valence-corrected chi connectivity index (χ3v) is 2.44. The van der Waals surface area contributed by atoms with Crippen molar-refractivity contribution < 1.29 is 14.4 Å². The van der Waals surface area contributed by atoms with E-state index in [1.54, 1.807) is 13.8 Å². The maximum Gasteiger partial charge on any atom is 0.333 e. The van der Waals surface area contributed by atoms with Crippen LogP contribution >= 0.6 is 0 Å². The quantitative estimate of drug-likeness (QED) is 0.205. The number of carbonyl (C=O) groups excluding carboxylic acids is 1. The second kappa shape index (κ2) is 8.73. The van der Waals surface area contributed by atoms with E-state index >= 15 is 0 Å². The van der Waals surface area contributed by atoms with E-state index in [0.717, 1.165) is 19.3 Å². The Bertz CT molecular complexity index is 265. The maximum absolute atomic E-state index is 11.3. The van der Waals surface area contributed by atoms with Crippen LogP contribution in [0.3, 0.4) is 0 Å². The summed E-state index contributed by atoms with van der Waals surface area (Å²) in [5.41, 5.74) is 0.322. The largest absolute Gasteiger partial charge is 0.455 e. The van der Waals surface area contributed by atoms with Crippen LogP contribution in [-0.4, -0.2) is 18.2 Å². The minimum absolute atomic E-state index is 0.322. The molecule has 17 heavy (non-hydrogen) atoms. The van der Waals surface area contributed by atoms with Gasteiger partial charge in [-0.15, -0.1) is 4.91 Å². The summed E-state index contributed by atoms with van der Waals surface area (Å²) in [5.74, 6) is -0.479. The average molecular weight is 243 g/mol. The van der Waals surface area contributed by atoms with Crippen LogP contribution in [0.1, 0.15) is 46.5 Å². The third-order valence-electron chi connectivity index (χ3n) is 2.44. The molecule has 0 aromatic rings. The normalized spacial score (nSPS) is 13.6. The summed E-state index contributed by atoms with van der Waals surface area (Å²) in [6, 6.07) is 0. The number of hydrogen-bond acceptors (Lipinski definition) is 5. The van der Waals surface area contributed by atoms with Gasteiger partial charge in [0.15, 0.2) is 11.4 Å². The first-order valence-electron chi connectivity index (χ1n) is 5.87. The fraction of sp³-hybridized carbons (Fsp3) is 0.750. The first-order valence-corrected chi connectivity index (χ1v) is 5.87. The molecule has 2 unspecified atom stereocenters. The molecule has 0 heterocycles. The van der Waals surface area contributed by atoms with E-state index in [9.17, 15) is 9.70 Å². The summed E-state index contributed by atoms with van der Waals surface area (Å²) < 4.78 is 5.09. The SMILES string of the molecule is C=C(C)C(=O)OC(C)C(CCCCC)ON=O. The van der Waals surface area contributed by atoms with Crippen LogP contribution in [0, 0.1) is 4.91 Å². The topological polar surface area (TPSA) is 65.0 Å². The molecule has 5 heteroatoms. The van der Waals surface area contributed by atoms with E-state index < -0.39 is 18.2 Å². The van der Waals surface area contributed by atoms with Gasteiger partial charge >= 0.3 is 5.97 Å². The molecule has 98 valence electrons. The van der Waals surface area contributed by atoms with Crippen LogP contribution in [0.25, 0.3) is 0 Å². The average Bonchev–Trinajstić information content (AvgIpc) is 2.27. The highest BCUT2D eigenvalue weighted by Gasteiger charge is 2.23. The molecule has 0 aromatic carbocycles. The van der Waals surface area contributed by atoms with Crippen LogP contribution in [0.5, 0.6) is 0 Å². The molecule has 0 radical (unpaired) electrons. The van der Waals surface area contributed by atoms with E-state index in [1.807, 2.05) is 0 Å². The summed E-state index contributed by atoms with van der Waals surface area (Å²) in [7, 11) is 0. The van der Waals surface area contributed by atoms with Crippen molar-refractivity contribution in [3.63, 3.8) is 0 Å². The minimum Gasteiger partial charge on any atom is -0.455 e. The minimum atomic E-state index is -0.506. The van der Waals surface area contributed by atoms with Crippen LogP contribution in [0.15, 0.2) is 17.5 Å². The lowest BCUT2D eigenvalue weighted by atomic mass is 10.1. The monoisotopic (exact) mass is 243 g/mol. The molecule has 0 aliphatic heterocycles. The molecule has 0 rings (SSSR count). The van der Waals surface area contributed by atoms with E-state index in [-0.39, 0.29) is 0 Å². The summed E-state index contributed by atoms with van der Waals surface area (Å²) in [5, 5.41) is 2.42. The lowest BCUT2D eigenvalue weighted by molar-refractivity contribution is -0.151. The van der Waals surface area contributed by atoms with Gasteiger partial charge in [-0.3, -0.25) is 0 Å². The van der Waals surface area contributed by atoms with Crippen molar-refractivity contribution >= 4 is 5.97 Å². The van der Waals surface area contributed by atoms with Gasteiger partial charge in [-0.25, -0.2) is 4.79 Å². The molecule has 5 nitrogen and oxygen atoms in total. The number of carbonyl (C=O) groups is 1. The van der Waals surface area contributed by atoms with Crippen LogP contribution in [0.2, 0.25) is 0 Å². The number of ether oxygens (including phenoxy) is 1. The van der Waals surface area contributed by atoms with Gasteiger partial charge in [-0.1, -0.05) is 26.3 Å². The molecule has 0 saturated carbocycles. The molecule has 2 atom stereocenters. The molecule has 0 N–H and O–H groups in total. The predicted octanol–water partition coefficient (Wildman–Crippen LogP) is 3.14. The first kappa shape index (κ1) is 15.6. The zero-order chi connectivity index (χ0) is 13.3. The molecule has 0 amide bonds. The Morgan fingerprint density at radius 2 is 2.06 bits per heavy atom. The van der Waals surface area contributed by atoms with Crippen LogP contribution in [0.4, 0.5) is 0 Å². The highest BCUT2D eigenvalue weighted by molar-refractivity contribution is 5.87. The smallest absolute Gasteiger partial charge is 0.333 e. The first-order chi connectivity index (χ1) is 8.02. The third kappa shape index (κ3) is 6.71. The molecule has 0 fully saturated rings. The Balaban J connectivity index is 4.22. The zero-order valence-electron chi connectivity index (χ0n) is 10.8. The van der Waals surface area contributed by atoms with Crippen molar-refractivity contribution in [1.82, 2.24) is 0 Å². The predicted molar refractivity (Wildman–Crippen MR) is 65.2 cm³/mol. The van der Waals surface area contributed by atoms with Gasteiger partial charge in [-0.2, -0.15) is 0 Å². The number of unbranched alkanes of at least 4 members (excludes halogenated alkanes) is 2. The lowest BCUT2D eigenvalue weighted by Crippen LogP contribution is -2.30. The van der Waals surface area contributed by atoms with Crippen molar-refractivity contribution in [2.45, 2.75) is 58.7 Å². The second-order valence-electron chi connectivity index (χ2n) is 4.10. The molecule has 0 aliphatic carbocycles. The van der Waals surface area contributed by atoms with Gasteiger partial charge < -0.3 is 9.57 Å². The Kier molecular flexibility index (Phi) is 8.01. The summed E-state index contributed by atoms with van der Waals surface area (Å²) in [6.45, 7) is 8.82. The summed E-state index contributed by atoms with van der Waals surface area (Å²) in [6.07, 6.45) is 2.67. The molecule has 0 bridgehead atoms. The Morgan fingerprint density at radius 3 is 2.53 bits per heavy atom. The van der Waals surface area contributed by atoms with E-state index in [2.05, 4.69) is 18.8 Å². The second-order valence-corrected chi connectivity index (χ2v) is 4.10. The highest BCUT2D eigenvalue weighted by atomic mass is 16.7. The Hall–Kier alpha value is -1.39. The standard InChI is InChI=1S/C12H21NO4/c1-5-6-7-8-11(17-13-15)10(4)16-12(14)9(2)3/h10-11H,2,5-8H2,1,3-4H3.